The van der Waals surface area contributed by atoms with Crippen molar-refractivity contribution in [2.45, 2.75) is 38.6 Å². The maximum absolute atomic E-state index is 5.55. The van der Waals surface area contributed by atoms with E-state index in [2.05, 4.69) is 12.2 Å². The standard InChI is InChI=1S/C14H29NO3/c1-3-15-14(6-9-18-11-10-16-2)12-13-4-7-17-8-5-13/h13-15H,3-12H2,1-2H3. The first-order valence-corrected chi connectivity index (χ1v) is 7.24. The fourth-order valence-electron chi connectivity index (χ4n) is 2.45. The predicted molar refractivity (Wildman–Crippen MR) is 72.9 cm³/mol. The van der Waals surface area contributed by atoms with E-state index < -0.39 is 0 Å². The van der Waals surface area contributed by atoms with Gasteiger partial charge in [0.25, 0.3) is 0 Å². The fourth-order valence-corrected chi connectivity index (χ4v) is 2.45. The number of methoxy groups -OCH3 is 1. The zero-order valence-electron chi connectivity index (χ0n) is 12.0. The topological polar surface area (TPSA) is 39.7 Å². The summed E-state index contributed by atoms with van der Waals surface area (Å²) in [5.74, 6) is 0.821. The van der Waals surface area contributed by atoms with Gasteiger partial charge >= 0.3 is 0 Å². The van der Waals surface area contributed by atoms with Gasteiger partial charge in [0, 0.05) is 33.0 Å². The van der Waals surface area contributed by atoms with Crippen molar-refractivity contribution in [3.63, 3.8) is 0 Å². The summed E-state index contributed by atoms with van der Waals surface area (Å²) in [5.41, 5.74) is 0. The highest BCUT2D eigenvalue weighted by Gasteiger charge is 2.18. The molecule has 0 aromatic carbocycles. The molecule has 0 spiro atoms. The van der Waals surface area contributed by atoms with Crippen LogP contribution < -0.4 is 5.32 Å². The summed E-state index contributed by atoms with van der Waals surface area (Å²) in [4.78, 5) is 0. The van der Waals surface area contributed by atoms with E-state index in [0.717, 1.165) is 38.7 Å². The largest absolute Gasteiger partial charge is 0.382 e. The van der Waals surface area contributed by atoms with E-state index in [1.807, 2.05) is 0 Å². The summed E-state index contributed by atoms with van der Waals surface area (Å²) in [6, 6.07) is 0.584. The van der Waals surface area contributed by atoms with Crippen LogP contribution in [-0.2, 0) is 14.2 Å². The maximum Gasteiger partial charge on any atom is 0.0700 e. The highest BCUT2D eigenvalue weighted by atomic mass is 16.5. The van der Waals surface area contributed by atoms with Crippen LogP contribution in [0.15, 0.2) is 0 Å². The Kier molecular flexibility index (Phi) is 9.48. The molecule has 0 aromatic heterocycles. The number of ether oxygens (including phenoxy) is 3. The normalized spacial score (nSPS) is 19.0. The second kappa shape index (κ2) is 10.7. The first kappa shape index (κ1) is 15.9. The molecule has 0 aromatic rings. The molecule has 1 heterocycles. The van der Waals surface area contributed by atoms with Crippen LogP contribution in [0.5, 0.6) is 0 Å². The van der Waals surface area contributed by atoms with Gasteiger partial charge in [-0.15, -0.1) is 0 Å². The van der Waals surface area contributed by atoms with E-state index in [1.165, 1.54) is 19.3 Å². The van der Waals surface area contributed by atoms with Crippen molar-refractivity contribution < 1.29 is 14.2 Å². The number of rotatable bonds is 10. The first-order chi connectivity index (χ1) is 8.86. The van der Waals surface area contributed by atoms with Crippen molar-refractivity contribution in [2.24, 2.45) is 5.92 Å². The molecule has 4 nitrogen and oxygen atoms in total. The summed E-state index contributed by atoms with van der Waals surface area (Å²) >= 11 is 0. The third-order valence-electron chi connectivity index (χ3n) is 3.49. The van der Waals surface area contributed by atoms with E-state index in [0.29, 0.717) is 19.3 Å². The van der Waals surface area contributed by atoms with Crippen LogP contribution in [0.3, 0.4) is 0 Å². The second-order valence-electron chi connectivity index (χ2n) is 4.94. The molecule has 1 saturated heterocycles. The summed E-state index contributed by atoms with van der Waals surface area (Å²) < 4.78 is 15.9. The van der Waals surface area contributed by atoms with Gasteiger partial charge in [-0.2, -0.15) is 0 Å². The Morgan fingerprint density at radius 1 is 1.22 bits per heavy atom. The summed E-state index contributed by atoms with van der Waals surface area (Å²) in [6.07, 6.45) is 4.78. The van der Waals surface area contributed by atoms with Gasteiger partial charge < -0.3 is 19.5 Å². The van der Waals surface area contributed by atoms with Crippen LogP contribution in [-0.4, -0.2) is 52.7 Å². The summed E-state index contributed by atoms with van der Waals surface area (Å²) in [5, 5.41) is 3.57. The lowest BCUT2D eigenvalue weighted by Crippen LogP contribution is -2.33. The molecule has 18 heavy (non-hydrogen) atoms. The van der Waals surface area contributed by atoms with Crippen LogP contribution in [0.4, 0.5) is 0 Å². The van der Waals surface area contributed by atoms with Gasteiger partial charge in [0.2, 0.25) is 0 Å². The summed E-state index contributed by atoms with van der Waals surface area (Å²) in [7, 11) is 1.70. The molecule has 1 aliphatic heterocycles. The van der Waals surface area contributed by atoms with E-state index in [-0.39, 0.29) is 0 Å². The van der Waals surface area contributed by atoms with E-state index in [9.17, 15) is 0 Å². The Morgan fingerprint density at radius 2 is 2.00 bits per heavy atom. The molecule has 4 heteroatoms. The zero-order valence-corrected chi connectivity index (χ0v) is 12.0. The average molecular weight is 259 g/mol. The van der Waals surface area contributed by atoms with Crippen LogP contribution in [0.1, 0.15) is 32.6 Å². The lowest BCUT2D eigenvalue weighted by molar-refractivity contribution is 0.0515. The molecule has 1 rings (SSSR count). The molecular formula is C14H29NO3. The van der Waals surface area contributed by atoms with Crippen molar-refractivity contribution in [1.29, 1.82) is 0 Å². The van der Waals surface area contributed by atoms with E-state index >= 15 is 0 Å². The minimum atomic E-state index is 0.584. The van der Waals surface area contributed by atoms with Crippen LogP contribution in [0.25, 0.3) is 0 Å². The number of hydrogen-bond donors (Lipinski definition) is 1. The Morgan fingerprint density at radius 3 is 2.67 bits per heavy atom. The third-order valence-corrected chi connectivity index (χ3v) is 3.49. The van der Waals surface area contributed by atoms with Gasteiger partial charge in [0.15, 0.2) is 0 Å². The minimum Gasteiger partial charge on any atom is -0.382 e. The number of hydrogen-bond acceptors (Lipinski definition) is 4. The quantitative estimate of drug-likeness (QED) is 0.608. The molecule has 0 bridgehead atoms. The highest BCUT2D eigenvalue weighted by molar-refractivity contribution is 4.73. The Balaban J connectivity index is 2.12. The van der Waals surface area contributed by atoms with Crippen molar-refractivity contribution >= 4 is 0 Å². The molecule has 0 saturated carbocycles. The van der Waals surface area contributed by atoms with Crippen molar-refractivity contribution in [3.05, 3.63) is 0 Å². The Bertz CT molecular complexity index is 184. The SMILES string of the molecule is CCNC(CCOCCOC)CC1CCOCC1. The molecule has 0 aliphatic carbocycles. The predicted octanol–water partition coefficient (Wildman–Crippen LogP) is 1.83. The van der Waals surface area contributed by atoms with Gasteiger partial charge in [0.1, 0.15) is 0 Å². The van der Waals surface area contributed by atoms with Crippen LogP contribution >= 0.6 is 0 Å². The van der Waals surface area contributed by atoms with Gasteiger partial charge in [-0.25, -0.2) is 0 Å². The van der Waals surface area contributed by atoms with Crippen LogP contribution in [0.2, 0.25) is 0 Å². The van der Waals surface area contributed by atoms with Gasteiger partial charge in [-0.3, -0.25) is 0 Å². The highest BCUT2D eigenvalue weighted by Crippen LogP contribution is 2.21. The van der Waals surface area contributed by atoms with Gasteiger partial charge in [-0.1, -0.05) is 6.92 Å². The molecule has 0 amide bonds. The molecule has 1 N–H and O–H groups in total. The van der Waals surface area contributed by atoms with Crippen molar-refractivity contribution in [3.8, 4) is 0 Å². The van der Waals surface area contributed by atoms with Gasteiger partial charge in [-0.05, 0) is 38.1 Å². The van der Waals surface area contributed by atoms with E-state index in [4.69, 9.17) is 14.2 Å². The van der Waals surface area contributed by atoms with Crippen molar-refractivity contribution in [2.75, 3.05) is 46.7 Å². The van der Waals surface area contributed by atoms with Crippen LogP contribution in [0, 0.1) is 5.92 Å². The molecule has 108 valence electrons. The van der Waals surface area contributed by atoms with E-state index in [1.54, 1.807) is 7.11 Å². The molecule has 1 aliphatic rings. The van der Waals surface area contributed by atoms with Gasteiger partial charge in [0.05, 0.1) is 13.2 Å². The average Bonchev–Trinajstić information content (AvgIpc) is 2.40. The zero-order chi connectivity index (χ0) is 13.1. The molecule has 1 unspecified atom stereocenters. The fraction of sp³-hybridized carbons (Fsp3) is 1.00. The second-order valence-corrected chi connectivity index (χ2v) is 4.94. The molecule has 1 fully saturated rings. The minimum absolute atomic E-state index is 0.584. The number of nitrogens with one attached hydrogen (secondary N) is 1. The maximum atomic E-state index is 5.55. The first-order valence-electron chi connectivity index (χ1n) is 7.24. The Hall–Kier alpha value is -0.160. The lowest BCUT2D eigenvalue weighted by Gasteiger charge is -2.27. The summed E-state index contributed by atoms with van der Waals surface area (Å²) in [6.45, 7) is 7.29. The monoisotopic (exact) mass is 259 g/mol. The smallest absolute Gasteiger partial charge is 0.0700 e. The third kappa shape index (κ3) is 7.31. The van der Waals surface area contributed by atoms with Crippen molar-refractivity contribution in [1.82, 2.24) is 5.32 Å². The lowest BCUT2D eigenvalue weighted by atomic mass is 9.91. The molecule has 1 atom stereocenters. The molecule has 0 radical (unpaired) electrons. The molecular weight excluding hydrogens is 230 g/mol. The Labute approximate surface area is 111 Å².